The number of fused-ring (bicyclic) bond motifs is 5. The fourth-order valence-electron chi connectivity index (χ4n) is 9.78. The molecule has 0 spiro atoms. The Hall–Kier alpha value is -1.11. The van der Waals surface area contributed by atoms with Crippen LogP contribution in [-0.2, 0) is 19.0 Å². The summed E-state index contributed by atoms with van der Waals surface area (Å²) < 4.78 is 16.9. The van der Waals surface area contributed by atoms with Gasteiger partial charge < -0.3 is 44.8 Å². The lowest BCUT2D eigenvalue weighted by Gasteiger charge is -2.67. The highest BCUT2D eigenvalue weighted by atomic mass is 16.7. The molecule has 14 atom stereocenters. The molecule has 10 nitrogen and oxygen atoms in total. The predicted octanol–water partition coefficient (Wildman–Crippen LogP) is 0.542. The van der Waals surface area contributed by atoms with Crippen molar-refractivity contribution in [3.8, 4) is 0 Å². The van der Waals surface area contributed by atoms with Crippen LogP contribution in [-0.4, -0.2) is 97.3 Å². The van der Waals surface area contributed by atoms with Crippen LogP contribution in [0.1, 0.15) is 72.1 Å². The molecule has 0 radical (unpaired) electrons. The minimum absolute atomic E-state index is 0.0988. The van der Waals surface area contributed by atoms with Gasteiger partial charge in [-0.2, -0.15) is 0 Å². The Labute approximate surface area is 229 Å². The lowest BCUT2D eigenvalue weighted by molar-refractivity contribution is -0.321. The second kappa shape index (κ2) is 9.19. The average molecular weight is 553 g/mol. The monoisotopic (exact) mass is 552 g/mol. The summed E-state index contributed by atoms with van der Waals surface area (Å²) in [5.41, 5.74) is -2.75. The number of esters is 1. The Balaban J connectivity index is 1.22. The quantitative estimate of drug-likeness (QED) is 0.215. The molecular formula is C29H44O10. The molecule has 0 aromatic rings. The summed E-state index contributed by atoms with van der Waals surface area (Å²) in [6.07, 6.45) is -1.27. The van der Waals surface area contributed by atoms with Gasteiger partial charge in [0.15, 0.2) is 6.29 Å². The molecule has 0 aromatic heterocycles. The van der Waals surface area contributed by atoms with Crippen LogP contribution in [0, 0.1) is 28.6 Å². The molecule has 0 unspecified atom stereocenters. The first kappa shape index (κ1) is 28.0. The topological polar surface area (TPSA) is 166 Å². The SMILES string of the molecule is C[C@H]1O[C@@H](O[C@H]2CC[C@]3(C)[C@H]4C[C@@H](O)[C@]5(C)[C@@H](C6=CC(=O)OC6)CC[C@]5(O)[C@@H]4CC[C@@]3(O)C2)[C@H](O)[C@H](O)[C@@H]1O. The third kappa shape index (κ3) is 3.79. The van der Waals surface area contributed by atoms with Gasteiger partial charge in [0.25, 0.3) is 0 Å². The fraction of sp³-hybridized carbons (Fsp3) is 0.897. The van der Waals surface area contributed by atoms with E-state index < -0.39 is 64.9 Å². The smallest absolute Gasteiger partial charge is 0.331 e. The maximum atomic E-state index is 12.4. The number of rotatable bonds is 3. The van der Waals surface area contributed by atoms with Crippen molar-refractivity contribution in [1.29, 1.82) is 0 Å². The molecule has 6 N–H and O–H groups in total. The summed E-state index contributed by atoms with van der Waals surface area (Å²) in [7, 11) is 0. The Morgan fingerprint density at radius 3 is 2.38 bits per heavy atom. The van der Waals surface area contributed by atoms with Crippen LogP contribution in [0.25, 0.3) is 0 Å². The molecule has 6 aliphatic rings. The van der Waals surface area contributed by atoms with Gasteiger partial charge in [0.2, 0.25) is 0 Å². The van der Waals surface area contributed by atoms with Gasteiger partial charge in [0.05, 0.1) is 29.5 Å². The van der Waals surface area contributed by atoms with Gasteiger partial charge in [-0.15, -0.1) is 0 Å². The van der Waals surface area contributed by atoms with Crippen LogP contribution in [0.15, 0.2) is 11.6 Å². The maximum absolute atomic E-state index is 12.4. The molecule has 4 saturated carbocycles. The van der Waals surface area contributed by atoms with Gasteiger partial charge in [-0.3, -0.25) is 0 Å². The van der Waals surface area contributed by atoms with E-state index in [2.05, 4.69) is 6.92 Å². The molecule has 2 heterocycles. The second-order valence-corrected chi connectivity index (χ2v) is 13.8. The Morgan fingerprint density at radius 2 is 1.69 bits per heavy atom. The highest BCUT2D eigenvalue weighted by Crippen LogP contribution is 2.70. The minimum atomic E-state index is -1.40. The first-order chi connectivity index (χ1) is 18.2. The first-order valence-electron chi connectivity index (χ1n) is 14.6. The third-order valence-electron chi connectivity index (χ3n) is 12.3. The summed E-state index contributed by atoms with van der Waals surface area (Å²) in [5.74, 6) is -0.709. The minimum Gasteiger partial charge on any atom is -0.458 e. The molecule has 0 bridgehead atoms. The number of hydrogen-bond acceptors (Lipinski definition) is 10. The Kier molecular flexibility index (Phi) is 6.61. The number of carbonyl (C=O) groups is 1. The van der Waals surface area contributed by atoms with E-state index in [0.717, 1.165) is 5.57 Å². The number of aliphatic hydroxyl groups excluding tert-OH is 4. The van der Waals surface area contributed by atoms with Crippen molar-refractivity contribution in [2.45, 2.75) is 126 Å². The van der Waals surface area contributed by atoms with E-state index in [-0.39, 0.29) is 30.3 Å². The maximum Gasteiger partial charge on any atom is 0.331 e. The van der Waals surface area contributed by atoms with Gasteiger partial charge in [0.1, 0.15) is 24.9 Å². The van der Waals surface area contributed by atoms with Gasteiger partial charge in [-0.25, -0.2) is 4.79 Å². The van der Waals surface area contributed by atoms with Crippen molar-refractivity contribution in [3.63, 3.8) is 0 Å². The lowest BCUT2D eigenvalue weighted by Crippen LogP contribution is -2.70. The summed E-state index contributed by atoms with van der Waals surface area (Å²) in [4.78, 5) is 11.8. The van der Waals surface area contributed by atoms with Crippen molar-refractivity contribution < 1.29 is 49.6 Å². The van der Waals surface area contributed by atoms with Gasteiger partial charge in [0, 0.05) is 17.9 Å². The Bertz CT molecular complexity index is 1030. The van der Waals surface area contributed by atoms with Crippen molar-refractivity contribution in [2.75, 3.05) is 6.61 Å². The van der Waals surface area contributed by atoms with Crippen LogP contribution < -0.4 is 0 Å². The van der Waals surface area contributed by atoms with Gasteiger partial charge >= 0.3 is 5.97 Å². The lowest BCUT2D eigenvalue weighted by atomic mass is 9.41. The standard InChI is InChI=1S/C29H44O10/c1-14-22(32)23(33)24(34)25(38-14)39-16-4-7-26(2)19-11-20(30)27(3)17(15-10-21(31)37-13-15)6-9-29(27,36)18(19)5-8-28(26,35)12-16/h10,14,16-20,22-25,30,32-36H,4-9,11-13H2,1-3H3/t14-,16+,17-,18-,19+,20-,22-,23-,24-,25+,26-,27+,28-,29+/m1/s1. The molecule has 5 fully saturated rings. The third-order valence-corrected chi connectivity index (χ3v) is 12.3. The summed E-state index contributed by atoms with van der Waals surface area (Å²) >= 11 is 0. The molecule has 10 heteroatoms. The normalized spacial score (nSPS) is 57.3. The largest absolute Gasteiger partial charge is 0.458 e. The zero-order valence-corrected chi connectivity index (χ0v) is 23.0. The molecule has 220 valence electrons. The van der Waals surface area contributed by atoms with Crippen LogP contribution in [0.5, 0.6) is 0 Å². The van der Waals surface area contributed by atoms with Crippen molar-refractivity contribution >= 4 is 5.97 Å². The molecule has 2 aliphatic heterocycles. The second-order valence-electron chi connectivity index (χ2n) is 13.8. The van der Waals surface area contributed by atoms with Crippen LogP contribution >= 0.6 is 0 Å². The number of carbonyl (C=O) groups excluding carboxylic acids is 1. The molecular weight excluding hydrogens is 508 g/mol. The molecule has 4 aliphatic carbocycles. The van der Waals surface area contributed by atoms with Crippen molar-refractivity contribution in [3.05, 3.63) is 11.6 Å². The van der Waals surface area contributed by atoms with E-state index in [1.807, 2.05) is 6.92 Å². The first-order valence-corrected chi connectivity index (χ1v) is 14.6. The summed E-state index contributed by atoms with van der Waals surface area (Å²) in [5, 5.41) is 66.8. The highest BCUT2D eigenvalue weighted by Gasteiger charge is 2.72. The van der Waals surface area contributed by atoms with Crippen molar-refractivity contribution in [2.24, 2.45) is 28.6 Å². The number of ether oxygens (including phenoxy) is 3. The number of cyclic esters (lactones) is 1. The zero-order valence-electron chi connectivity index (χ0n) is 23.0. The van der Waals surface area contributed by atoms with E-state index in [4.69, 9.17) is 14.2 Å². The van der Waals surface area contributed by atoms with E-state index >= 15 is 0 Å². The highest BCUT2D eigenvalue weighted by molar-refractivity contribution is 5.85. The molecule has 6 rings (SSSR count). The van der Waals surface area contributed by atoms with Gasteiger partial charge in [-0.05, 0) is 80.6 Å². The predicted molar refractivity (Wildman–Crippen MR) is 136 cm³/mol. The summed E-state index contributed by atoms with van der Waals surface area (Å²) in [6, 6.07) is 0. The fourth-order valence-corrected chi connectivity index (χ4v) is 9.78. The molecule has 0 amide bonds. The van der Waals surface area contributed by atoms with Crippen LogP contribution in [0.2, 0.25) is 0 Å². The Morgan fingerprint density at radius 1 is 0.949 bits per heavy atom. The van der Waals surface area contributed by atoms with Gasteiger partial charge in [-0.1, -0.05) is 13.8 Å². The zero-order chi connectivity index (χ0) is 28.1. The number of hydrogen-bond donors (Lipinski definition) is 6. The van der Waals surface area contributed by atoms with E-state index in [1.165, 1.54) is 6.08 Å². The number of aliphatic hydroxyl groups is 6. The van der Waals surface area contributed by atoms with E-state index in [1.54, 1.807) is 6.92 Å². The molecule has 1 saturated heterocycles. The van der Waals surface area contributed by atoms with Crippen LogP contribution in [0.3, 0.4) is 0 Å². The molecule has 0 aromatic carbocycles. The molecule has 39 heavy (non-hydrogen) atoms. The average Bonchev–Trinajstić information content (AvgIpc) is 3.43. The van der Waals surface area contributed by atoms with E-state index in [0.29, 0.717) is 51.4 Å². The summed E-state index contributed by atoms with van der Waals surface area (Å²) in [6.45, 7) is 5.86. The van der Waals surface area contributed by atoms with Crippen LogP contribution in [0.4, 0.5) is 0 Å². The van der Waals surface area contributed by atoms with E-state index in [9.17, 15) is 35.4 Å². The van der Waals surface area contributed by atoms with Crippen molar-refractivity contribution in [1.82, 2.24) is 0 Å².